The smallest absolute Gasteiger partial charge is 0.258 e. The molecule has 0 fully saturated rings. The molecule has 10 heteroatoms. The fourth-order valence-corrected chi connectivity index (χ4v) is 2.30. The molecule has 0 amide bonds. The molecule has 1 aromatic carbocycles. The largest absolute Gasteiger partial charge is 0.288 e. The van der Waals surface area contributed by atoms with Gasteiger partial charge in [-0.25, -0.2) is 5.10 Å². The number of nitrogens with one attached hydrogen (secondary N) is 1. The quantitative estimate of drug-likeness (QED) is 0.332. The third-order valence-electron chi connectivity index (χ3n) is 3.03. The molecule has 2 aromatic heterocycles. The standard InChI is InChI=1S/C14H9ClN6O2S/c15-10-5-4-9(7-12(10)21(22)23)8-17-20-13(18-19-14(20)24)11-3-1-2-6-16-11/h1-8H,(H,19,24)/b17-8+. The van der Waals surface area contributed by atoms with E-state index in [4.69, 9.17) is 23.8 Å². The molecule has 0 atom stereocenters. The number of nitrogens with zero attached hydrogens (tertiary/aromatic N) is 5. The molecule has 0 saturated heterocycles. The SMILES string of the molecule is O=[N+]([O-])c1cc(/C=N/n2c(-c3ccccn3)n[nH]c2=S)ccc1Cl. The predicted molar refractivity (Wildman–Crippen MR) is 91.7 cm³/mol. The topological polar surface area (TPSA) is 102 Å². The fraction of sp³-hybridized carbons (Fsp3) is 0. The van der Waals surface area contributed by atoms with Crippen LogP contribution in [0.4, 0.5) is 5.69 Å². The lowest BCUT2D eigenvalue weighted by molar-refractivity contribution is -0.384. The monoisotopic (exact) mass is 360 g/mol. The van der Waals surface area contributed by atoms with Crippen molar-refractivity contribution in [3.05, 3.63) is 68.1 Å². The molecule has 0 aliphatic heterocycles. The first kappa shape index (κ1) is 16.0. The van der Waals surface area contributed by atoms with Crippen LogP contribution in [0.2, 0.25) is 5.02 Å². The number of nitro groups is 1. The summed E-state index contributed by atoms with van der Waals surface area (Å²) in [5, 5.41) is 22.0. The van der Waals surface area contributed by atoms with Gasteiger partial charge in [-0.3, -0.25) is 15.1 Å². The fourth-order valence-electron chi connectivity index (χ4n) is 1.93. The molecule has 120 valence electrons. The lowest BCUT2D eigenvalue weighted by Gasteiger charge is -2.00. The molecule has 2 heterocycles. The number of hydrogen-bond acceptors (Lipinski definition) is 6. The van der Waals surface area contributed by atoms with Crippen LogP contribution in [-0.4, -0.2) is 31.0 Å². The minimum atomic E-state index is -0.553. The zero-order valence-corrected chi connectivity index (χ0v) is 13.5. The minimum Gasteiger partial charge on any atom is -0.258 e. The van der Waals surface area contributed by atoms with Crippen molar-refractivity contribution < 1.29 is 4.92 Å². The van der Waals surface area contributed by atoms with E-state index in [1.54, 1.807) is 24.4 Å². The van der Waals surface area contributed by atoms with E-state index in [-0.39, 0.29) is 15.5 Å². The van der Waals surface area contributed by atoms with Crippen LogP contribution in [-0.2, 0) is 0 Å². The van der Waals surface area contributed by atoms with Crippen LogP contribution >= 0.6 is 23.8 Å². The number of rotatable bonds is 4. The summed E-state index contributed by atoms with van der Waals surface area (Å²) in [7, 11) is 0. The summed E-state index contributed by atoms with van der Waals surface area (Å²) in [6.07, 6.45) is 3.06. The summed E-state index contributed by atoms with van der Waals surface area (Å²) in [6.45, 7) is 0. The Morgan fingerprint density at radius 2 is 2.21 bits per heavy atom. The van der Waals surface area contributed by atoms with E-state index in [2.05, 4.69) is 20.3 Å². The highest BCUT2D eigenvalue weighted by Crippen LogP contribution is 2.24. The second-order valence-electron chi connectivity index (χ2n) is 4.59. The minimum absolute atomic E-state index is 0.0613. The van der Waals surface area contributed by atoms with Crippen LogP contribution in [0.25, 0.3) is 11.5 Å². The average Bonchev–Trinajstić information content (AvgIpc) is 2.95. The lowest BCUT2D eigenvalue weighted by Crippen LogP contribution is -1.97. The maximum atomic E-state index is 10.9. The number of pyridine rings is 1. The Bertz CT molecular complexity index is 982. The number of benzene rings is 1. The zero-order chi connectivity index (χ0) is 17.1. The highest BCUT2D eigenvalue weighted by atomic mass is 35.5. The summed E-state index contributed by atoms with van der Waals surface area (Å²) in [4.78, 5) is 14.6. The van der Waals surface area contributed by atoms with Gasteiger partial charge in [-0.2, -0.15) is 14.9 Å². The van der Waals surface area contributed by atoms with Crippen molar-refractivity contribution in [2.24, 2.45) is 5.10 Å². The Morgan fingerprint density at radius 1 is 1.38 bits per heavy atom. The second-order valence-corrected chi connectivity index (χ2v) is 5.39. The Hall–Kier alpha value is -2.91. The van der Waals surface area contributed by atoms with Crippen molar-refractivity contribution in [2.45, 2.75) is 0 Å². The first-order valence-corrected chi connectivity index (χ1v) is 7.42. The molecule has 8 nitrogen and oxygen atoms in total. The number of nitro benzene ring substituents is 1. The van der Waals surface area contributed by atoms with Gasteiger partial charge in [-0.05, 0) is 30.4 Å². The predicted octanol–water partition coefficient (Wildman–Crippen LogP) is 3.45. The molecule has 0 radical (unpaired) electrons. The van der Waals surface area contributed by atoms with Gasteiger partial charge in [0, 0.05) is 17.8 Å². The van der Waals surface area contributed by atoms with Gasteiger partial charge < -0.3 is 0 Å². The number of hydrogen-bond donors (Lipinski definition) is 1. The summed E-state index contributed by atoms with van der Waals surface area (Å²) in [6, 6.07) is 9.75. The van der Waals surface area contributed by atoms with Crippen LogP contribution < -0.4 is 0 Å². The summed E-state index contributed by atoms with van der Waals surface area (Å²) >= 11 is 10.9. The highest BCUT2D eigenvalue weighted by Gasteiger charge is 2.12. The van der Waals surface area contributed by atoms with Crippen LogP contribution in [0.15, 0.2) is 47.7 Å². The van der Waals surface area contributed by atoms with Crippen molar-refractivity contribution >= 4 is 35.7 Å². The van der Waals surface area contributed by atoms with E-state index in [9.17, 15) is 10.1 Å². The van der Waals surface area contributed by atoms with Gasteiger partial charge in [0.1, 0.15) is 10.7 Å². The van der Waals surface area contributed by atoms with Gasteiger partial charge in [-0.15, -0.1) is 0 Å². The van der Waals surface area contributed by atoms with Gasteiger partial charge in [0.05, 0.1) is 11.1 Å². The Morgan fingerprint density at radius 3 is 2.92 bits per heavy atom. The van der Waals surface area contributed by atoms with E-state index in [0.717, 1.165) is 0 Å². The molecule has 24 heavy (non-hydrogen) atoms. The third kappa shape index (κ3) is 3.21. The van der Waals surface area contributed by atoms with Crippen molar-refractivity contribution in [2.75, 3.05) is 0 Å². The molecule has 0 bridgehead atoms. The normalized spacial score (nSPS) is 11.0. The molecule has 0 unspecified atom stereocenters. The Kier molecular flexibility index (Phi) is 4.45. The van der Waals surface area contributed by atoms with Crippen LogP contribution in [0.5, 0.6) is 0 Å². The number of H-pyrrole nitrogens is 1. The first-order valence-electron chi connectivity index (χ1n) is 6.63. The van der Waals surface area contributed by atoms with Crippen LogP contribution in [0, 0.1) is 14.9 Å². The van der Waals surface area contributed by atoms with E-state index in [0.29, 0.717) is 17.1 Å². The molecule has 0 spiro atoms. The highest BCUT2D eigenvalue weighted by molar-refractivity contribution is 7.71. The van der Waals surface area contributed by atoms with Crippen molar-refractivity contribution in [3.63, 3.8) is 0 Å². The molecule has 3 aromatic rings. The van der Waals surface area contributed by atoms with Crippen molar-refractivity contribution in [1.82, 2.24) is 19.9 Å². The van der Waals surface area contributed by atoms with Gasteiger partial charge in [0.15, 0.2) is 0 Å². The van der Waals surface area contributed by atoms with Gasteiger partial charge >= 0.3 is 0 Å². The molecule has 0 saturated carbocycles. The first-order chi connectivity index (χ1) is 11.6. The molecule has 0 aliphatic carbocycles. The zero-order valence-electron chi connectivity index (χ0n) is 12.0. The van der Waals surface area contributed by atoms with E-state index < -0.39 is 4.92 Å². The molecular formula is C14H9ClN6O2S. The van der Waals surface area contributed by atoms with Crippen molar-refractivity contribution in [3.8, 4) is 11.5 Å². The maximum absolute atomic E-state index is 10.9. The van der Waals surface area contributed by atoms with E-state index >= 15 is 0 Å². The maximum Gasteiger partial charge on any atom is 0.288 e. The van der Waals surface area contributed by atoms with Crippen LogP contribution in [0.1, 0.15) is 5.56 Å². The van der Waals surface area contributed by atoms with E-state index in [1.165, 1.54) is 23.0 Å². The van der Waals surface area contributed by atoms with Crippen LogP contribution in [0.3, 0.4) is 0 Å². The van der Waals surface area contributed by atoms with E-state index in [1.807, 2.05) is 6.07 Å². The lowest BCUT2D eigenvalue weighted by atomic mass is 10.2. The average molecular weight is 361 g/mol. The third-order valence-corrected chi connectivity index (χ3v) is 3.62. The summed E-state index contributed by atoms with van der Waals surface area (Å²) < 4.78 is 1.66. The summed E-state index contributed by atoms with van der Waals surface area (Å²) in [5.74, 6) is 0.431. The molecule has 0 aliphatic rings. The number of aromatic nitrogens is 4. The Labute approximate surface area is 145 Å². The Balaban J connectivity index is 1.99. The van der Waals surface area contributed by atoms with Gasteiger partial charge in [0.25, 0.3) is 5.69 Å². The molecule has 3 rings (SSSR count). The summed E-state index contributed by atoms with van der Waals surface area (Å²) in [5.41, 5.74) is 0.895. The van der Waals surface area contributed by atoms with Crippen molar-refractivity contribution in [1.29, 1.82) is 0 Å². The second kappa shape index (κ2) is 6.69. The molecular weight excluding hydrogens is 352 g/mol. The molecule has 1 N–H and O–H groups in total. The van der Waals surface area contributed by atoms with Gasteiger partial charge in [-0.1, -0.05) is 23.7 Å². The number of aromatic amines is 1. The van der Waals surface area contributed by atoms with Gasteiger partial charge in [0.2, 0.25) is 10.6 Å². The number of halogens is 1.